The fraction of sp³-hybridized carbons (Fsp3) is 0. The molecule has 0 spiro atoms. The molecule has 0 aliphatic rings. The zero-order valence-corrected chi connectivity index (χ0v) is 17.2. The van der Waals surface area contributed by atoms with Gasteiger partial charge in [-0.05, 0) is 22.9 Å². The van der Waals surface area contributed by atoms with Crippen LogP contribution in [-0.4, -0.2) is 10.2 Å². The van der Waals surface area contributed by atoms with E-state index in [0.717, 1.165) is 21.5 Å². The van der Waals surface area contributed by atoms with E-state index in [9.17, 15) is 10.2 Å². The molecule has 2 N–H and O–H groups in total. The minimum atomic E-state index is -0.826. The molecule has 25 heavy (non-hydrogen) atoms. The van der Waals surface area contributed by atoms with Crippen molar-refractivity contribution in [1.29, 1.82) is 0 Å². The number of aromatic hydroxyl groups is 2. The zero-order chi connectivity index (χ0) is 18.1. The number of phenols is 2. The quantitative estimate of drug-likeness (QED) is 0.322. The summed E-state index contributed by atoms with van der Waals surface area (Å²) in [5, 5.41) is 22.7. The van der Waals surface area contributed by atoms with Crippen LogP contribution in [0.3, 0.4) is 0 Å². The van der Waals surface area contributed by atoms with Gasteiger partial charge >= 0.3 is 37.9 Å². The fourth-order valence-electron chi connectivity index (χ4n) is 2.42. The minimum absolute atomic E-state index is 0.350. The van der Waals surface area contributed by atoms with Crippen molar-refractivity contribution < 1.29 is 31.1 Å². The number of rotatable bonds is 0. The van der Waals surface area contributed by atoms with Gasteiger partial charge in [0.25, 0.3) is 0 Å². The molecule has 4 rings (SSSR count). The molecule has 0 amide bonds. The average Bonchev–Trinajstić information content (AvgIpc) is 2.64. The van der Waals surface area contributed by atoms with Crippen LogP contribution in [0.2, 0.25) is 0 Å². The summed E-state index contributed by atoms with van der Waals surface area (Å²) in [6.07, 6.45) is 0. The van der Waals surface area contributed by atoms with Gasteiger partial charge in [-0.1, -0.05) is 72.8 Å². The van der Waals surface area contributed by atoms with Crippen LogP contribution in [0.15, 0.2) is 84.9 Å². The van der Waals surface area contributed by atoms with Crippen LogP contribution < -0.4 is 0 Å². The topological polar surface area (TPSA) is 40.5 Å². The normalized spacial score (nSPS) is 9.52. The van der Waals surface area contributed by atoms with E-state index in [4.69, 9.17) is 17.0 Å². The first-order valence-corrected chi connectivity index (χ1v) is 13.8. The molecule has 0 atom stereocenters. The summed E-state index contributed by atoms with van der Waals surface area (Å²) >= 11 is -0.826. The summed E-state index contributed by atoms with van der Waals surface area (Å²) in [6.45, 7) is 0. The second-order valence-electron chi connectivity index (χ2n) is 5.07. The Hall–Kier alpha value is -1.54. The molecule has 0 saturated heterocycles. The molecule has 0 radical (unpaired) electrons. The van der Waals surface area contributed by atoms with Gasteiger partial charge in [0, 0.05) is 10.8 Å². The van der Waals surface area contributed by atoms with Crippen LogP contribution in [0.1, 0.15) is 0 Å². The Morgan fingerprint density at radius 3 is 1.20 bits per heavy atom. The van der Waals surface area contributed by atoms with Gasteiger partial charge < -0.3 is 10.2 Å². The third kappa shape index (κ3) is 5.75. The molecule has 4 aromatic carbocycles. The van der Waals surface area contributed by atoms with E-state index in [1.807, 2.05) is 72.8 Å². The number of phenolic OH excluding ortho intramolecular Hbond substituents is 2. The van der Waals surface area contributed by atoms with E-state index in [2.05, 4.69) is 0 Å². The molecule has 0 aliphatic heterocycles. The second-order valence-corrected chi connectivity index (χ2v) is 8.80. The molecule has 0 fully saturated rings. The van der Waals surface area contributed by atoms with Gasteiger partial charge in [-0.3, -0.25) is 0 Å². The van der Waals surface area contributed by atoms with E-state index >= 15 is 0 Å². The Kier molecular flexibility index (Phi) is 8.27. The first-order valence-electron chi connectivity index (χ1n) is 7.47. The molecular weight excluding hydrogens is 434 g/mol. The van der Waals surface area contributed by atoms with Gasteiger partial charge in [0.2, 0.25) is 0 Å². The first kappa shape index (κ1) is 19.8. The number of hydrogen-bond acceptors (Lipinski definition) is 2. The average molecular weight is 450 g/mol. The number of hydrogen-bond donors (Lipinski definition) is 2. The van der Waals surface area contributed by atoms with Crippen molar-refractivity contribution in [2.45, 2.75) is 0 Å². The predicted molar refractivity (Wildman–Crippen MR) is 103 cm³/mol. The Morgan fingerprint density at radius 1 is 0.520 bits per heavy atom. The van der Waals surface area contributed by atoms with Crippen molar-refractivity contribution in [3.63, 3.8) is 0 Å². The number of benzene rings is 4. The van der Waals surface area contributed by atoms with Crippen LogP contribution in [-0.2, 0) is 20.8 Å². The summed E-state index contributed by atoms with van der Waals surface area (Å²) in [7, 11) is 9.87. The molecule has 0 unspecified atom stereocenters. The van der Waals surface area contributed by atoms with E-state index in [1.165, 1.54) is 0 Å². The molecule has 0 aromatic heterocycles. The molecule has 5 heteroatoms. The van der Waals surface area contributed by atoms with Crippen LogP contribution >= 0.6 is 17.0 Å². The third-order valence-electron chi connectivity index (χ3n) is 3.53. The summed E-state index contributed by atoms with van der Waals surface area (Å²) in [5.74, 6) is 0.700. The third-order valence-corrected chi connectivity index (χ3v) is 3.53. The SMILES string of the molecule is Oc1cccc2ccccc12.Oc1cccc2ccccc12.[Cl][Zr][Cl]. The van der Waals surface area contributed by atoms with Crippen molar-refractivity contribution >= 4 is 38.6 Å². The predicted octanol–water partition coefficient (Wildman–Crippen LogP) is 6.47. The molecule has 0 saturated carbocycles. The van der Waals surface area contributed by atoms with Gasteiger partial charge in [-0.25, -0.2) is 0 Å². The van der Waals surface area contributed by atoms with Gasteiger partial charge in [0.15, 0.2) is 0 Å². The van der Waals surface area contributed by atoms with Crippen molar-refractivity contribution in [2.24, 2.45) is 0 Å². The van der Waals surface area contributed by atoms with E-state index in [-0.39, 0.29) is 0 Å². The van der Waals surface area contributed by atoms with Gasteiger partial charge in [0.1, 0.15) is 11.5 Å². The molecule has 4 aromatic rings. The van der Waals surface area contributed by atoms with Gasteiger partial charge in [0.05, 0.1) is 0 Å². The molecule has 126 valence electrons. The summed E-state index contributed by atoms with van der Waals surface area (Å²) < 4.78 is 0. The Labute approximate surface area is 165 Å². The molecule has 0 aliphatic carbocycles. The first-order chi connectivity index (χ1) is 12.2. The van der Waals surface area contributed by atoms with Crippen LogP contribution in [0.5, 0.6) is 11.5 Å². The van der Waals surface area contributed by atoms with Crippen molar-refractivity contribution in [3.05, 3.63) is 84.9 Å². The van der Waals surface area contributed by atoms with Crippen LogP contribution in [0, 0.1) is 0 Å². The zero-order valence-electron chi connectivity index (χ0n) is 13.2. The van der Waals surface area contributed by atoms with Gasteiger partial charge in [-0.15, -0.1) is 0 Å². The van der Waals surface area contributed by atoms with E-state index in [1.54, 1.807) is 12.1 Å². The Bertz CT molecular complexity index is 857. The summed E-state index contributed by atoms with van der Waals surface area (Å²) in [5.41, 5.74) is 0. The Balaban J connectivity index is 0.000000156. The summed E-state index contributed by atoms with van der Waals surface area (Å²) in [4.78, 5) is 0. The molecule has 0 heterocycles. The van der Waals surface area contributed by atoms with Crippen LogP contribution in [0.25, 0.3) is 21.5 Å². The maximum absolute atomic E-state index is 9.37. The van der Waals surface area contributed by atoms with E-state index in [0.29, 0.717) is 11.5 Å². The molecular formula is C20H16Cl2O2Zr. The second kappa shape index (κ2) is 10.5. The monoisotopic (exact) mass is 448 g/mol. The fourth-order valence-corrected chi connectivity index (χ4v) is 2.42. The number of halogens is 2. The molecule has 2 nitrogen and oxygen atoms in total. The molecule has 0 bridgehead atoms. The maximum atomic E-state index is 9.37. The van der Waals surface area contributed by atoms with Gasteiger partial charge in [-0.2, -0.15) is 0 Å². The van der Waals surface area contributed by atoms with Crippen molar-refractivity contribution in [1.82, 2.24) is 0 Å². The summed E-state index contributed by atoms with van der Waals surface area (Å²) in [6, 6.07) is 26.6. The van der Waals surface area contributed by atoms with E-state index < -0.39 is 20.8 Å². The van der Waals surface area contributed by atoms with Crippen LogP contribution in [0.4, 0.5) is 0 Å². The van der Waals surface area contributed by atoms with Crippen molar-refractivity contribution in [2.75, 3.05) is 0 Å². The standard InChI is InChI=1S/2C10H8O.2ClH.Zr/c2*11-10-7-3-5-8-4-1-2-6-9(8)10;;;/h2*1-7,11H;2*1H;/q;;;;+2/p-2. The Morgan fingerprint density at radius 2 is 0.840 bits per heavy atom. The number of fused-ring (bicyclic) bond motifs is 2. The van der Waals surface area contributed by atoms with Crippen molar-refractivity contribution in [3.8, 4) is 11.5 Å².